The fraction of sp³-hybridized carbons (Fsp3) is 0.714. The summed E-state index contributed by atoms with van der Waals surface area (Å²) in [5.74, 6) is 0. The minimum Gasteiger partial charge on any atom is -0.329 e. The molecule has 1 fully saturated rings. The van der Waals surface area contributed by atoms with Gasteiger partial charge in [0.1, 0.15) is 0 Å². The number of aryl methyl sites for hydroxylation is 2. The zero-order valence-electron chi connectivity index (χ0n) is 11.2. The van der Waals surface area contributed by atoms with Gasteiger partial charge < -0.3 is 5.73 Å². The van der Waals surface area contributed by atoms with Crippen LogP contribution in [0.2, 0.25) is 0 Å². The van der Waals surface area contributed by atoms with E-state index in [0.717, 1.165) is 12.6 Å². The summed E-state index contributed by atoms with van der Waals surface area (Å²) < 4.78 is 0. The van der Waals surface area contributed by atoms with E-state index in [1.807, 2.05) is 11.3 Å². The van der Waals surface area contributed by atoms with Gasteiger partial charge in [0.15, 0.2) is 0 Å². The Morgan fingerprint density at radius 3 is 2.82 bits per heavy atom. The molecule has 1 aliphatic heterocycles. The van der Waals surface area contributed by atoms with E-state index in [0.29, 0.717) is 6.04 Å². The first-order valence-corrected chi connectivity index (χ1v) is 7.51. The van der Waals surface area contributed by atoms with Crippen LogP contribution < -0.4 is 5.73 Å². The molecule has 0 spiro atoms. The Balaban J connectivity index is 2.24. The second-order valence-corrected chi connectivity index (χ2v) is 6.52. The van der Waals surface area contributed by atoms with Crippen LogP contribution in [0.5, 0.6) is 0 Å². The standard InChI is InChI=1S/C14H24N2S/c1-4-12-6-5-7-16(12)14(9-15)13-8-10(2)17-11(13)3/h8,12,14H,4-7,9,15H2,1-3H3. The van der Waals surface area contributed by atoms with Gasteiger partial charge in [0, 0.05) is 28.4 Å². The monoisotopic (exact) mass is 252 g/mol. The highest BCUT2D eigenvalue weighted by molar-refractivity contribution is 7.12. The van der Waals surface area contributed by atoms with Gasteiger partial charge in [-0.25, -0.2) is 0 Å². The van der Waals surface area contributed by atoms with E-state index in [1.54, 1.807) is 0 Å². The Kier molecular flexibility index (Phi) is 4.23. The van der Waals surface area contributed by atoms with Crippen LogP contribution in [0.3, 0.4) is 0 Å². The predicted molar refractivity (Wildman–Crippen MR) is 75.6 cm³/mol. The van der Waals surface area contributed by atoms with Crippen LogP contribution in [0, 0.1) is 13.8 Å². The normalized spacial score (nSPS) is 23.2. The fourth-order valence-corrected chi connectivity index (χ4v) is 4.11. The van der Waals surface area contributed by atoms with Crippen LogP contribution in [0.1, 0.15) is 47.5 Å². The second-order valence-electron chi connectivity index (χ2n) is 5.06. The number of rotatable bonds is 4. The molecule has 2 rings (SSSR count). The van der Waals surface area contributed by atoms with Gasteiger partial charge in [-0.1, -0.05) is 6.92 Å². The first-order valence-electron chi connectivity index (χ1n) is 6.70. The highest BCUT2D eigenvalue weighted by Gasteiger charge is 2.30. The average Bonchev–Trinajstić information content (AvgIpc) is 2.88. The van der Waals surface area contributed by atoms with Gasteiger partial charge in [0.05, 0.1) is 0 Å². The van der Waals surface area contributed by atoms with Crippen molar-refractivity contribution in [3.05, 3.63) is 21.4 Å². The lowest BCUT2D eigenvalue weighted by Gasteiger charge is -2.32. The largest absolute Gasteiger partial charge is 0.329 e. The molecule has 0 aliphatic carbocycles. The van der Waals surface area contributed by atoms with Crippen molar-refractivity contribution in [1.82, 2.24) is 4.90 Å². The number of likely N-dealkylation sites (tertiary alicyclic amines) is 1. The van der Waals surface area contributed by atoms with Crippen molar-refractivity contribution in [2.75, 3.05) is 13.1 Å². The van der Waals surface area contributed by atoms with Gasteiger partial charge in [-0.3, -0.25) is 4.90 Å². The summed E-state index contributed by atoms with van der Waals surface area (Å²) in [4.78, 5) is 5.48. The minimum absolute atomic E-state index is 0.437. The highest BCUT2D eigenvalue weighted by Crippen LogP contribution is 2.34. The molecule has 0 aromatic carbocycles. The van der Waals surface area contributed by atoms with Crippen LogP contribution in [0.4, 0.5) is 0 Å². The molecule has 2 nitrogen and oxygen atoms in total. The van der Waals surface area contributed by atoms with E-state index < -0.39 is 0 Å². The molecule has 1 aromatic heterocycles. The third kappa shape index (κ3) is 2.56. The van der Waals surface area contributed by atoms with Crippen LogP contribution in [-0.2, 0) is 0 Å². The lowest BCUT2D eigenvalue weighted by atomic mass is 10.0. The Morgan fingerprint density at radius 1 is 1.53 bits per heavy atom. The van der Waals surface area contributed by atoms with Gasteiger partial charge in [0.25, 0.3) is 0 Å². The van der Waals surface area contributed by atoms with Crippen LogP contribution >= 0.6 is 11.3 Å². The number of hydrogen-bond acceptors (Lipinski definition) is 3. The van der Waals surface area contributed by atoms with E-state index in [-0.39, 0.29) is 0 Å². The summed E-state index contributed by atoms with van der Waals surface area (Å²) in [6.45, 7) is 8.67. The quantitative estimate of drug-likeness (QED) is 0.891. The van der Waals surface area contributed by atoms with Crippen molar-refractivity contribution in [3.63, 3.8) is 0 Å². The van der Waals surface area contributed by atoms with E-state index >= 15 is 0 Å². The zero-order valence-corrected chi connectivity index (χ0v) is 12.0. The molecule has 2 unspecified atom stereocenters. The summed E-state index contributed by atoms with van der Waals surface area (Å²) in [6.07, 6.45) is 3.92. The van der Waals surface area contributed by atoms with Crippen molar-refractivity contribution < 1.29 is 0 Å². The van der Waals surface area contributed by atoms with Crippen molar-refractivity contribution in [2.24, 2.45) is 5.73 Å². The van der Waals surface area contributed by atoms with Gasteiger partial charge >= 0.3 is 0 Å². The summed E-state index contributed by atoms with van der Waals surface area (Å²) in [5, 5.41) is 0. The fourth-order valence-electron chi connectivity index (χ4n) is 3.13. The summed E-state index contributed by atoms with van der Waals surface area (Å²) in [7, 11) is 0. The molecule has 1 aliphatic rings. The molecule has 0 saturated carbocycles. The third-order valence-corrected chi connectivity index (χ3v) is 4.94. The first-order chi connectivity index (χ1) is 8.17. The third-order valence-electron chi connectivity index (χ3n) is 3.96. The van der Waals surface area contributed by atoms with Gasteiger partial charge in [-0.15, -0.1) is 11.3 Å². The van der Waals surface area contributed by atoms with Gasteiger partial charge in [-0.2, -0.15) is 0 Å². The smallest absolute Gasteiger partial charge is 0.0484 e. The van der Waals surface area contributed by atoms with E-state index in [1.165, 1.54) is 41.1 Å². The number of nitrogens with two attached hydrogens (primary N) is 1. The number of nitrogens with zero attached hydrogens (tertiary/aromatic N) is 1. The molecular weight excluding hydrogens is 228 g/mol. The van der Waals surface area contributed by atoms with Crippen molar-refractivity contribution in [2.45, 2.75) is 52.1 Å². The van der Waals surface area contributed by atoms with Gasteiger partial charge in [-0.05, 0) is 51.3 Å². The zero-order chi connectivity index (χ0) is 12.4. The molecule has 1 aromatic rings. The Labute approximate surface area is 109 Å². The molecule has 0 amide bonds. The topological polar surface area (TPSA) is 29.3 Å². The molecular formula is C14H24N2S. The summed E-state index contributed by atoms with van der Waals surface area (Å²) in [5.41, 5.74) is 7.51. The molecule has 3 heteroatoms. The van der Waals surface area contributed by atoms with Crippen molar-refractivity contribution in [3.8, 4) is 0 Å². The van der Waals surface area contributed by atoms with Crippen molar-refractivity contribution in [1.29, 1.82) is 0 Å². The van der Waals surface area contributed by atoms with E-state index in [4.69, 9.17) is 5.73 Å². The molecule has 2 atom stereocenters. The number of thiophene rings is 1. The summed E-state index contributed by atoms with van der Waals surface area (Å²) in [6, 6.07) is 3.51. The summed E-state index contributed by atoms with van der Waals surface area (Å²) >= 11 is 1.90. The maximum Gasteiger partial charge on any atom is 0.0484 e. The Bertz CT molecular complexity index is 372. The molecule has 2 heterocycles. The molecule has 1 saturated heterocycles. The molecule has 17 heavy (non-hydrogen) atoms. The van der Waals surface area contributed by atoms with Crippen LogP contribution in [-0.4, -0.2) is 24.0 Å². The maximum absolute atomic E-state index is 6.04. The van der Waals surface area contributed by atoms with E-state index in [9.17, 15) is 0 Å². The average molecular weight is 252 g/mol. The molecule has 0 bridgehead atoms. The number of hydrogen-bond donors (Lipinski definition) is 1. The van der Waals surface area contributed by atoms with Crippen molar-refractivity contribution >= 4 is 11.3 Å². The molecule has 0 radical (unpaired) electrons. The van der Waals surface area contributed by atoms with Crippen LogP contribution in [0.15, 0.2) is 6.07 Å². The predicted octanol–water partition coefficient (Wildman–Crippen LogP) is 3.24. The van der Waals surface area contributed by atoms with Crippen LogP contribution in [0.25, 0.3) is 0 Å². The lowest BCUT2D eigenvalue weighted by molar-refractivity contribution is 0.180. The lowest BCUT2D eigenvalue weighted by Crippen LogP contribution is -2.37. The first kappa shape index (κ1) is 13.1. The SMILES string of the molecule is CCC1CCCN1C(CN)c1cc(C)sc1C. The van der Waals surface area contributed by atoms with Gasteiger partial charge in [0.2, 0.25) is 0 Å². The minimum atomic E-state index is 0.437. The molecule has 2 N–H and O–H groups in total. The maximum atomic E-state index is 6.04. The highest BCUT2D eigenvalue weighted by atomic mass is 32.1. The second kappa shape index (κ2) is 5.51. The molecule has 96 valence electrons. The van der Waals surface area contributed by atoms with E-state index in [2.05, 4.69) is 31.7 Å². The Hall–Kier alpha value is -0.380. The Morgan fingerprint density at radius 2 is 2.29 bits per heavy atom.